The van der Waals surface area contributed by atoms with Gasteiger partial charge in [0.15, 0.2) is 17.3 Å². The van der Waals surface area contributed by atoms with Crippen molar-refractivity contribution >= 4 is 16.9 Å². The first kappa shape index (κ1) is 11.7. The molecule has 2 aromatic carbocycles. The van der Waals surface area contributed by atoms with Crippen LogP contribution in [0.5, 0.6) is 11.5 Å². The average Bonchev–Trinajstić information content (AvgIpc) is 3.09. The number of hydrogen-bond acceptors (Lipinski definition) is 4. The summed E-state index contributed by atoms with van der Waals surface area (Å²) in [5, 5.41) is 9.44. The van der Waals surface area contributed by atoms with Gasteiger partial charge in [0.25, 0.3) is 0 Å². The maximum Gasteiger partial charge on any atom is 0.231 e. The Hall–Kier alpha value is -3.06. The zero-order valence-electron chi connectivity index (χ0n) is 10.9. The Labute approximate surface area is 120 Å². The standard InChI is InChI=1S/C17H9NO3/c18-8-13-11-3-1-2-4-12(11)17(19)16(13)10-5-6-14-15(7-10)21-9-20-14/h1-7H,9H2. The molecule has 0 N–H and O–H groups in total. The van der Waals surface area contributed by atoms with E-state index < -0.39 is 0 Å². The second kappa shape index (κ2) is 4.22. The van der Waals surface area contributed by atoms with Gasteiger partial charge in [-0.3, -0.25) is 4.79 Å². The van der Waals surface area contributed by atoms with Crippen LogP contribution in [0.1, 0.15) is 21.5 Å². The molecule has 0 bridgehead atoms. The summed E-state index contributed by atoms with van der Waals surface area (Å²) < 4.78 is 10.6. The minimum Gasteiger partial charge on any atom is -0.454 e. The largest absolute Gasteiger partial charge is 0.454 e. The van der Waals surface area contributed by atoms with Crippen LogP contribution >= 0.6 is 0 Å². The van der Waals surface area contributed by atoms with Crippen LogP contribution in [0.2, 0.25) is 0 Å². The molecule has 1 heterocycles. The number of carbonyl (C=O) groups excluding carboxylic acids is 1. The predicted octanol–water partition coefficient (Wildman–Crippen LogP) is 3.05. The van der Waals surface area contributed by atoms with E-state index in [0.29, 0.717) is 39.3 Å². The van der Waals surface area contributed by atoms with Gasteiger partial charge in [-0.25, -0.2) is 0 Å². The molecule has 0 radical (unpaired) electrons. The van der Waals surface area contributed by atoms with Gasteiger partial charge in [-0.05, 0) is 17.7 Å². The second-order valence-electron chi connectivity index (χ2n) is 4.80. The molecular formula is C17H9NO3. The van der Waals surface area contributed by atoms with E-state index in [4.69, 9.17) is 9.47 Å². The summed E-state index contributed by atoms with van der Waals surface area (Å²) in [5.74, 6) is 1.13. The SMILES string of the molecule is N#CC1=C(c2ccc3c(c2)OCO3)C(=O)c2ccccc21. The van der Waals surface area contributed by atoms with Gasteiger partial charge in [0.05, 0.1) is 5.57 Å². The van der Waals surface area contributed by atoms with Gasteiger partial charge in [-0.15, -0.1) is 0 Å². The van der Waals surface area contributed by atoms with Gasteiger partial charge in [-0.1, -0.05) is 30.3 Å². The number of nitriles is 1. The number of rotatable bonds is 1. The topological polar surface area (TPSA) is 59.3 Å². The van der Waals surface area contributed by atoms with Crippen molar-refractivity contribution in [2.45, 2.75) is 0 Å². The van der Waals surface area contributed by atoms with Crippen LogP contribution in [0.3, 0.4) is 0 Å². The van der Waals surface area contributed by atoms with E-state index in [-0.39, 0.29) is 12.6 Å². The number of ether oxygens (including phenoxy) is 2. The average molecular weight is 275 g/mol. The molecule has 0 amide bonds. The van der Waals surface area contributed by atoms with Crippen molar-refractivity contribution in [3.8, 4) is 17.6 Å². The molecule has 1 aliphatic heterocycles. The third-order valence-corrected chi connectivity index (χ3v) is 3.69. The predicted molar refractivity (Wildman–Crippen MR) is 75.8 cm³/mol. The summed E-state index contributed by atoms with van der Waals surface area (Å²) in [6, 6.07) is 14.6. The minimum absolute atomic E-state index is 0.124. The summed E-state index contributed by atoms with van der Waals surface area (Å²) in [4.78, 5) is 12.6. The first-order valence-corrected chi connectivity index (χ1v) is 6.48. The number of carbonyl (C=O) groups is 1. The highest BCUT2D eigenvalue weighted by atomic mass is 16.7. The van der Waals surface area contributed by atoms with Crippen LogP contribution < -0.4 is 9.47 Å². The first-order chi connectivity index (χ1) is 10.3. The van der Waals surface area contributed by atoms with E-state index in [1.165, 1.54) is 0 Å². The number of fused-ring (bicyclic) bond motifs is 2. The summed E-state index contributed by atoms with van der Waals surface area (Å²) in [7, 11) is 0. The third kappa shape index (κ3) is 1.58. The Morgan fingerprint density at radius 3 is 2.57 bits per heavy atom. The van der Waals surface area contributed by atoms with Crippen LogP contribution in [0.25, 0.3) is 11.1 Å². The van der Waals surface area contributed by atoms with E-state index >= 15 is 0 Å². The van der Waals surface area contributed by atoms with Gasteiger partial charge in [0.1, 0.15) is 6.07 Å². The second-order valence-corrected chi connectivity index (χ2v) is 4.80. The lowest BCUT2D eigenvalue weighted by molar-refractivity contribution is 0.105. The highest BCUT2D eigenvalue weighted by Crippen LogP contribution is 2.41. The molecule has 0 saturated carbocycles. The molecule has 1 aliphatic carbocycles. The van der Waals surface area contributed by atoms with Gasteiger partial charge in [0, 0.05) is 16.7 Å². The quantitative estimate of drug-likeness (QED) is 0.802. The maximum atomic E-state index is 12.6. The number of benzene rings is 2. The monoisotopic (exact) mass is 275 g/mol. The number of ketones is 1. The Bertz CT molecular complexity index is 859. The van der Waals surface area contributed by atoms with E-state index in [2.05, 4.69) is 6.07 Å². The molecule has 21 heavy (non-hydrogen) atoms. The third-order valence-electron chi connectivity index (χ3n) is 3.69. The minimum atomic E-state index is -0.124. The summed E-state index contributed by atoms with van der Waals surface area (Å²) in [6.45, 7) is 0.178. The Kier molecular flexibility index (Phi) is 2.36. The fourth-order valence-electron chi connectivity index (χ4n) is 2.73. The molecule has 0 saturated heterocycles. The van der Waals surface area contributed by atoms with E-state index in [1.807, 2.05) is 6.07 Å². The maximum absolute atomic E-state index is 12.6. The molecule has 0 unspecified atom stereocenters. The number of Topliss-reactive ketones (excluding diaryl/α,β-unsaturated/α-hetero) is 1. The van der Waals surface area contributed by atoms with Gasteiger partial charge < -0.3 is 9.47 Å². The molecule has 4 nitrogen and oxygen atoms in total. The van der Waals surface area contributed by atoms with Crippen molar-refractivity contribution in [3.05, 3.63) is 59.2 Å². The van der Waals surface area contributed by atoms with E-state index in [9.17, 15) is 10.1 Å². The number of allylic oxidation sites excluding steroid dienone is 2. The normalized spacial score (nSPS) is 15.1. The molecule has 0 spiro atoms. The summed E-state index contributed by atoms with van der Waals surface area (Å²) in [6.07, 6.45) is 0. The zero-order chi connectivity index (χ0) is 14.4. The lowest BCUT2D eigenvalue weighted by Gasteiger charge is -2.04. The molecule has 0 aromatic heterocycles. The lowest BCUT2D eigenvalue weighted by Crippen LogP contribution is -1.98. The van der Waals surface area contributed by atoms with Crippen molar-refractivity contribution in [1.82, 2.24) is 0 Å². The summed E-state index contributed by atoms with van der Waals surface area (Å²) >= 11 is 0. The van der Waals surface area contributed by atoms with Crippen LogP contribution in [0, 0.1) is 11.3 Å². The van der Waals surface area contributed by atoms with Crippen LogP contribution in [-0.4, -0.2) is 12.6 Å². The molecular weight excluding hydrogens is 266 g/mol. The smallest absolute Gasteiger partial charge is 0.231 e. The van der Waals surface area contributed by atoms with Crippen molar-refractivity contribution < 1.29 is 14.3 Å². The van der Waals surface area contributed by atoms with Crippen LogP contribution in [-0.2, 0) is 0 Å². The molecule has 0 fully saturated rings. The summed E-state index contributed by atoms with van der Waals surface area (Å²) in [5.41, 5.74) is 2.78. The molecule has 4 rings (SSSR count). The Morgan fingerprint density at radius 2 is 1.76 bits per heavy atom. The number of hydrogen-bond donors (Lipinski definition) is 0. The fourth-order valence-corrected chi connectivity index (χ4v) is 2.73. The molecule has 2 aliphatic rings. The number of nitrogens with zero attached hydrogens (tertiary/aromatic N) is 1. The van der Waals surface area contributed by atoms with Crippen molar-refractivity contribution in [2.75, 3.05) is 6.79 Å². The Morgan fingerprint density at radius 1 is 1.00 bits per heavy atom. The first-order valence-electron chi connectivity index (χ1n) is 6.48. The molecule has 100 valence electrons. The van der Waals surface area contributed by atoms with Crippen LogP contribution in [0.4, 0.5) is 0 Å². The van der Waals surface area contributed by atoms with E-state index in [0.717, 1.165) is 0 Å². The van der Waals surface area contributed by atoms with Gasteiger partial charge in [-0.2, -0.15) is 5.26 Å². The van der Waals surface area contributed by atoms with Crippen LogP contribution in [0.15, 0.2) is 42.5 Å². The van der Waals surface area contributed by atoms with Crippen molar-refractivity contribution in [2.24, 2.45) is 0 Å². The van der Waals surface area contributed by atoms with E-state index in [1.54, 1.807) is 36.4 Å². The highest BCUT2D eigenvalue weighted by Gasteiger charge is 2.31. The molecule has 0 atom stereocenters. The highest BCUT2D eigenvalue weighted by molar-refractivity contribution is 6.41. The lowest BCUT2D eigenvalue weighted by atomic mass is 10.00. The fraction of sp³-hybridized carbons (Fsp3) is 0.0588. The van der Waals surface area contributed by atoms with Crippen molar-refractivity contribution in [3.63, 3.8) is 0 Å². The zero-order valence-corrected chi connectivity index (χ0v) is 10.9. The van der Waals surface area contributed by atoms with Gasteiger partial charge >= 0.3 is 0 Å². The van der Waals surface area contributed by atoms with Crippen molar-refractivity contribution in [1.29, 1.82) is 5.26 Å². The van der Waals surface area contributed by atoms with Gasteiger partial charge in [0.2, 0.25) is 6.79 Å². The Balaban J connectivity index is 1.93. The molecule has 4 heteroatoms. The molecule has 2 aromatic rings.